The Kier molecular flexibility index (Phi) is 3.67. The standard InChI is InChI=1S/C12H7F4NO2S/c13-7-1-4-12(11(16)5-7)17-20(18,19)8-2-3-9(14)10(15)6-8/h1-6,17H. The van der Waals surface area contributed by atoms with Crippen LogP contribution in [-0.2, 0) is 10.0 Å². The van der Waals surface area contributed by atoms with Crippen molar-refractivity contribution in [2.45, 2.75) is 4.90 Å². The second-order valence-corrected chi connectivity index (χ2v) is 5.49. The van der Waals surface area contributed by atoms with Crippen molar-refractivity contribution in [3.63, 3.8) is 0 Å². The van der Waals surface area contributed by atoms with Crippen LogP contribution in [0.3, 0.4) is 0 Å². The Labute approximate surface area is 111 Å². The summed E-state index contributed by atoms with van der Waals surface area (Å²) in [7, 11) is -4.31. The van der Waals surface area contributed by atoms with Gasteiger partial charge in [-0.25, -0.2) is 26.0 Å². The first kappa shape index (κ1) is 14.3. The third kappa shape index (κ3) is 2.90. The van der Waals surface area contributed by atoms with Gasteiger partial charge in [0.05, 0.1) is 10.6 Å². The average molecular weight is 305 g/mol. The third-order valence-electron chi connectivity index (χ3n) is 2.38. The molecule has 0 atom stereocenters. The Morgan fingerprint density at radius 2 is 1.50 bits per heavy atom. The fourth-order valence-electron chi connectivity index (χ4n) is 1.42. The van der Waals surface area contributed by atoms with E-state index >= 15 is 0 Å². The van der Waals surface area contributed by atoms with Gasteiger partial charge in [-0.05, 0) is 30.3 Å². The summed E-state index contributed by atoms with van der Waals surface area (Å²) in [6.45, 7) is 0. The molecule has 3 nitrogen and oxygen atoms in total. The molecule has 0 bridgehead atoms. The Morgan fingerprint density at radius 1 is 0.800 bits per heavy atom. The smallest absolute Gasteiger partial charge is 0.262 e. The minimum absolute atomic E-state index is 0.457. The maximum Gasteiger partial charge on any atom is 0.262 e. The van der Waals surface area contributed by atoms with Crippen molar-refractivity contribution in [3.05, 3.63) is 59.7 Å². The zero-order valence-electron chi connectivity index (χ0n) is 9.70. The van der Waals surface area contributed by atoms with Crippen LogP contribution >= 0.6 is 0 Å². The van der Waals surface area contributed by atoms with Gasteiger partial charge in [0.15, 0.2) is 11.6 Å². The highest BCUT2D eigenvalue weighted by molar-refractivity contribution is 7.92. The molecule has 0 radical (unpaired) electrons. The molecule has 20 heavy (non-hydrogen) atoms. The molecule has 0 aliphatic carbocycles. The predicted octanol–water partition coefficient (Wildman–Crippen LogP) is 3.04. The molecule has 2 aromatic carbocycles. The fourth-order valence-corrected chi connectivity index (χ4v) is 2.50. The number of rotatable bonds is 3. The fraction of sp³-hybridized carbons (Fsp3) is 0. The van der Waals surface area contributed by atoms with Crippen molar-refractivity contribution in [2.24, 2.45) is 0 Å². The molecular weight excluding hydrogens is 298 g/mol. The molecule has 2 aromatic rings. The lowest BCUT2D eigenvalue weighted by Crippen LogP contribution is -2.14. The third-order valence-corrected chi connectivity index (χ3v) is 3.74. The molecule has 106 valence electrons. The summed E-state index contributed by atoms with van der Waals surface area (Å²) in [4.78, 5) is -0.583. The number of nitrogens with one attached hydrogen (secondary N) is 1. The number of hydrogen-bond acceptors (Lipinski definition) is 2. The average Bonchev–Trinajstić information content (AvgIpc) is 2.36. The second kappa shape index (κ2) is 5.12. The Morgan fingerprint density at radius 3 is 2.10 bits per heavy atom. The first-order valence-corrected chi connectivity index (χ1v) is 6.71. The molecule has 2 rings (SSSR count). The van der Waals surface area contributed by atoms with Crippen LogP contribution in [0.2, 0.25) is 0 Å². The predicted molar refractivity (Wildman–Crippen MR) is 63.5 cm³/mol. The summed E-state index contributed by atoms with van der Waals surface area (Å²) in [6, 6.07) is 4.13. The first-order valence-electron chi connectivity index (χ1n) is 5.22. The zero-order chi connectivity index (χ0) is 14.9. The molecule has 0 spiro atoms. The van der Waals surface area contributed by atoms with Gasteiger partial charge in [0, 0.05) is 6.07 Å². The van der Waals surface area contributed by atoms with Crippen molar-refractivity contribution < 1.29 is 26.0 Å². The van der Waals surface area contributed by atoms with Crippen LogP contribution in [-0.4, -0.2) is 8.42 Å². The van der Waals surface area contributed by atoms with Crippen LogP contribution in [0.25, 0.3) is 0 Å². The summed E-state index contributed by atoms with van der Waals surface area (Å²) < 4.78 is 77.3. The Hall–Kier alpha value is -2.09. The van der Waals surface area contributed by atoms with Crippen LogP contribution < -0.4 is 4.72 Å². The van der Waals surface area contributed by atoms with Crippen molar-refractivity contribution in [1.82, 2.24) is 0 Å². The lowest BCUT2D eigenvalue weighted by Gasteiger charge is -2.09. The van der Waals surface area contributed by atoms with E-state index in [2.05, 4.69) is 0 Å². The zero-order valence-corrected chi connectivity index (χ0v) is 10.5. The molecule has 0 heterocycles. The second-order valence-electron chi connectivity index (χ2n) is 3.81. The Balaban J connectivity index is 2.38. The summed E-state index contributed by atoms with van der Waals surface area (Å²) in [5, 5.41) is 0. The van der Waals surface area contributed by atoms with Crippen molar-refractivity contribution in [2.75, 3.05) is 4.72 Å². The number of anilines is 1. The van der Waals surface area contributed by atoms with E-state index in [0.717, 1.165) is 18.2 Å². The molecule has 0 aliphatic heterocycles. The molecule has 1 N–H and O–H groups in total. The molecule has 0 saturated heterocycles. The number of halogens is 4. The number of sulfonamides is 1. The van der Waals surface area contributed by atoms with E-state index in [1.54, 1.807) is 0 Å². The van der Waals surface area contributed by atoms with Crippen LogP contribution in [0, 0.1) is 23.3 Å². The SMILES string of the molecule is O=S(=O)(Nc1ccc(F)cc1F)c1ccc(F)c(F)c1. The Bertz CT molecular complexity index is 762. The largest absolute Gasteiger partial charge is 0.277 e. The van der Waals surface area contributed by atoms with Crippen LogP contribution in [0.1, 0.15) is 0 Å². The molecule has 0 saturated carbocycles. The van der Waals surface area contributed by atoms with Gasteiger partial charge in [0.2, 0.25) is 0 Å². The molecule has 0 aromatic heterocycles. The van der Waals surface area contributed by atoms with E-state index in [4.69, 9.17) is 0 Å². The minimum Gasteiger partial charge on any atom is -0.277 e. The molecule has 0 unspecified atom stereocenters. The summed E-state index contributed by atoms with van der Waals surface area (Å²) in [5.74, 6) is -4.57. The first-order chi connectivity index (χ1) is 9.29. The number of hydrogen-bond donors (Lipinski definition) is 1. The van der Waals surface area contributed by atoms with Gasteiger partial charge >= 0.3 is 0 Å². The van der Waals surface area contributed by atoms with E-state index in [-0.39, 0.29) is 0 Å². The molecular formula is C12H7F4NO2S. The van der Waals surface area contributed by atoms with Crippen molar-refractivity contribution >= 4 is 15.7 Å². The van der Waals surface area contributed by atoms with Crippen molar-refractivity contribution in [1.29, 1.82) is 0 Å². The highest BCUT2D eigenvalue weighted by atomic mass is 32.2. The highest BCUT2D eigenvalue weighted by Gasteiger charge is 2.18. The molecule has 8 heteroatoms. The molecule has 0 aliphatic rings. The van der Waals surface area contributed by atoms with Crippen LogP contribution in [0.5, 0.6) is 0 Å². The van der Waals surface area contributed by atoms with E-state index in [9.17, 15) is 26.0 Å². The number of benzene rings is 2. The van der Waals surface area contributed by atoms with Gasteiger partial charge in [-0.15, -0.1) is 0 Å². The van der Waals surface area contributed by atoms with Crippen LogP contribution in [0.15, 0.2) is 41.3 Å². The lowest BCUT2D eigenvalue weighted by atomic mass is 10.3. The molecule has 0 amide bonds. The van der Waals surface area contributed by atoms with Gasteiger partial charge in [0.25, 0.3) is 10.0 Å². The van der Waals surface area contributed by atoms with Crippen molar-refractivity contribution in [3.8, 4) is 0 Å². The summed E-state index contributed by atoms with van der Waals surface area (Å²) >= 11 is 0. The maximum atomic E-state index is 13.3. The van der Waals surface area contributed by atoms with E-state index in [1.807, 2.05) is 4.72 Å². The maximum absolute atomic E-state index is 13.3. The van der Waals surface area contributed by atoms with E-state index in [0.29, 0.717) is 18.2 Å². The van der Waals surface area contributed by atoms with Gasteiger partial charge in [-0.3, -0.25) is 4.72 Å². The monoisotopic (exact) mass is 305 g/mol. The minimum atomic E-state index is -4.31. The summed E-state index contributed by atoms with van der Waals surface area (Å²) in [6.07, 6.45) is 0. The van der Waals surface area contributed by atoms with E-state index in [1.165, 1.54) is 0 Å². The normalized spacial score (nSPS) is 11.4. The topological polar surface area (TPSA) is 46.2 Å². The highest BCUT2D eigenvalue weighted by Crippen LogP contribution is 2.21. The van der Waals surface area contributed by atoms with Crippen LogP contribution in [0.4, 0.5) is 23.2 Å². The van der Waals surface area contributed by atoms with Gasteiger partial charge < -0.3 is 0 Å². The van der Waals surface area contributed by atoms with Gasteiger partial charge in [-0.1, -0.05) is 0 Å². The van der Waals surface area contributed by atoms with Gasteiger partial charge in [0.1, 0.15) is 11.6 Å². The lowest BCUT2D eigenvalue weighted by molar-refractivity contribution is 0.504. The summed E-state index contributed by atoms with van der Waals surface area (Å²) in [5.41, 5.74) is -0.504. The molecule has 0 fully saturated rings. The van der Waals surface area contributed by atoms with Gasteiger partial charge in [-0.2, -0.15) is 0 Å². The van der Waals surface area contributed by atoms with E-state index < -0.39 is 43.9 Å². The quantitative estimate of drug-likeness (QED) is 0.886.